The van der Waals surface area contributed by atoms with Crippen LogP contribution in [0.5, 0.6) is 11.5 Å². The fraction of sp³-hybridized carbons (Fsp3) is 0.316. The number of aliphatic hydroxyl groups is 2. The van der Waals surface area contributed by atoms with Gasteiger partial charge in [-0.25, -0.2) is 0 Å². The van der Waals surface area contributed by atoms with Crippen LogP contribution in [0.2, 0.25) is 10.0 Å². The Bertz CT molecular complexity index is 1660. The highest BCUT2D eigenvalue weighted by Gasteiger charge is 2.14. The van der Waals surface area contributed by atoms with Crippen LogP contribution in [0.25, 0.3) is 11.1 Å². The molecule has 0 aliphatic heterocycles. The smallest absolute Gasteiger partial charge is 0.306 e. The van der Waals surface area contributed by atoms with Crippen LogP contribution in [0.1, 0.15) is 46.2 Å². The van der Waals surface area contributed by atoms with Crippen molar-refractivity contribution in [3.63, 3.8) is 0 Å². The third kappa shape index (κ3) is 11.4. The zero-order chi connectivity index (χ0) is 36.2. The third-order valence-electron chi connectivity index (χ3n) is 8.18. The first kappa shape index (κ1) is 38.6. The van der Waals surface area contributed by atoms with E-state index in [1.54, 1.807) is 24.3 Å². The molecule has 0 radical (unpaired) electrons. The molecule has 10 nitrogen and oxygen atoms in total. The van der Waals surface area contributed by atoms with Crippen LogP contribution in [0.3, 0.4) is 0 Å². The standard InChI is InChI=1S/C38H42Cl2N2O8/c1-23-27(21-49-35-11-9-25(13-33(35)39)17-41-19-29(43)15-37(45)46)5-3-7-31(23)32-8-4-6-28(24(32)2)22-50-36-12-10-26(14-34(36)40)18-42-20-30(44)16-38(47)48/h3-14,29-30,41-44H,15-22H2,1-2H3,(H,45,46)(H,47,48). The van der Waals surface area contributed by atoms with E-state index in [-0.39, 0.29) is 25.9 Å². The van der Waals surface area contributed by atoms with E-state index in [4.69, 9.17) is 42.9 Å². The molecule has 4 rings (SSSR count). The summed E-state index contributed by atoms with van der Waals surface area (Å²) < 4.78 is 12.2. The first-order valence-corrected chi connectivity index (χ1v) is 16.9. The Labute approximate surface area is 301 Å². The summed E-state index contributed by atoms with van der Waals surface area (Å²) in [5.74, 6) is -1.02. The molecule has 6 N–H and O–H groups in total. The molecule has 0 aliphatic carbocycles. The molecule has 12 heteroatoms. The lowest BCUT2D eigenvalue weighted by molar-refractivity contribution is -0.140. The number of benzene rings is 4. The number of aliphatic hydroxyl groups excluding tert-OH is 2. The first-order valence-electron chi connectivity index (χ1n) is 16.1. The van der Waals surface area contributed by atoms with Gasteiger partial charge in [-0.3, -0.25) is 9.59 Å². The molecule has 50 heavy (non-hydrogen) atoms. The van der Waals surface area contributed by atoms with Crippen LogP contribution < -0.4 is 20.1 Å². The molecule has 0 heterocycles. The Morgan fingerprint density at radius 1 is 0.660 bits per heavy atom. The largest absolute Gasteiger partial charge is 0.487 e. The van der Waals surface area contributed by atoms with Gasteiger partial charge in [-0.15, -0.1) is 0 Å². The van der Waals surface area contributed by atoms with Crippen molar-refractivity contribution in [2.75, 3.05) is 13.1 Å². The van der Waals surface area contributed by atoms with E-state index in [0.29, 0.717) is 47.8 Å². The summed E-state index contributed by atoms with van der Waals surface area (Å²) in [5.41, 5.74) is 8.08. The molecule has 266 valence electrons. The van der Waals surface area contributed by atoms with E-state index >= 15 is 0 Å². The van der Waals surface area contributed by atoms with E-state index in [1.807, 2.05) is 36.4 Å². The maximum atomic E-state index is 10.7. The van der Waals surface area contributed by atoms with Crippen LogP contribution >= 0.6 is 23.2 Å². The maximum Gasteiger partial charge on any atom is 0.306 e. The number of hydrogen-bond acceptors (Lipinski definition) is 8. The molecule has 0 aliphatic rings. The number of nitrogens with one attached hydrogen (secondary N) is 2. The van der Waals surface area contributed by atoms with Gasteiger partial charge in [-0.05, 0) is 82.6 Å². The summed E-state index contributed by atoms with van der Waals surface area (Å²) >= 11 is 13.0. The van der Waals surface area contributed by atoms with Crippen molar-refractivity contribution in [2.24, 2.45) is 0 Å². The number of carboxylic acids is 2. The second-order valence-corrected chi connectivity index (χ2v) is 12.9. The van der Waals surface area contributed by atoms with Crippen molar-refractivity contribution < 1.29 is 39.5 Å². The monoisotopic (exact) mass is 724 g/mol. The number of ether oxygens (including phenoxy) is 2. The van der Waals surface area contributed by atoms with Crippen molar-refractivity contribution in [1.29, 1.82) is 0 Å². The van der Waals surface area contributed by atoms with E-state index < -0.39 is 24.1 Å². The van der Waals surface area contributed by atoms with E-state index in [0.717, 1.165) is 44.5 Å². The molecule has 2 unspecified atom stereocenters. The summed E-state index contributed by atoms with van der Waals surface area (Å²) in [7, 11) is 0. The van der Waals surface area contributed by atoms with Gasteiger partial charge in [0.25, 0.3) is 0 Å². The minimum absolute atomic E-state index is 0.155. The number of carboxylic acid groups (broad SMARTS) is 2. The minimum Gasteiger partial charge on any atom is -0.487 e. The zero-order valence-electron chi connectivity index (χ0n) is 27.9. The van der Waals surface area contributed by atoms with Gasteiger partial charge < -0.3 is 40.5 Å². The number of hydrogen-bond donors (Lipinski definition) is 6. The number of aliphatic carboxylic acids is 2. The van der Waals surface area contributed by atoms with Crippen molar-refractivity contribution >= 4 is 35.1 Å². The van der Waals surface area contributed by atoms with Crippen LogP contribution in [-0.2, 0) is 35.9 Å². The van der Waals surface area contributed by atoms with E-state index in [9.17, 15) is 19.8 Å². The zero-order valence-corrected chi connectivity index (χ0v) is 29.4. The lowest BCUT2D eigenvalue weighted by Crippen LogP contribution is -2.28. The van der Waals surface area contributed by atoms with Gasteiger partial charge in [-0.2, -0.15) is 0 Å². The molecular formula is C38H42Cl2N2O8. The van der Waals surface area contributed by atoms with Crippen LogP contribution in [0.15, 0.2) is 72.8 Å². The first-order chi connectivity index (χ1) is 23.9. The van der Waals surface area contributed by atoms with Crippen LogP contribution in [0.4, 0.5) is 0 Å². The molecule has 0 saturated carbocycles. The normalized spacial score (nSPS) is 12.4. The van der Waals surface area contributed by atoms with Gasteiger partial charge in [0.05, 0.1) is 35.1 Å². The number of carbonyl (C=O) groups is 2. The molecular weight excluding hydrogens is 683 g/mol. The van der Waals surface area contributed by atoms with Crippen molar-refractivity contribution in [1.82, 2.24) is 10.6 Å². The quantitative estimate of drug-likeness (QED) is 0.0650. The lowest BCUT2D eigenvalue weighted by atomic mass is 9.92. The molecule has 4 aromatic rings. The van der Waals surface area contributed by atoms with Gasteiger partial charge in [0, 0.05) is 26.2 Å². The van der Waals surface area contributed by atoms with Gasteiger partial charge in [-0.1, -0.05) is 71.7 Å². The molecule has 0 aromatic heterocycles. The van der Waals surface area contributed by atoms with Gasteiger partial charge in [0.2, 0.25) is 0 Å². The van der Waals surface area contributed by atoms with Gasteiger partial charge in [0.1, 0.15) is 24.7 Å². The summed E-state index contributed by atoms with van der Waals surface area (Å²) in [4.78, 5) is 21.4. The van der Waals surface area contributed by atoms with E-state index in [1.165, 1.54) is 0 Å². The fourth-order valence-corrected chi connectivity index (χ4v) is 5.95. The second kappa shape index (κ2) is 18.7. The molecule has 0 bridgehead atoms. The highest BCUT2D eigenvalue weighted by Crippen LogP contribution is 2.33. The highest BCUT2D eigenvalue weighted by molar-refractivity contribution is 6.32. The number of rotatable bonds is 19. The highest BCUT2D eigenvalue weighted by atomic mass is 35.5. The van der Waals surface area contributed by atoms with Crippen LogP contribution in [-0.4, -0.2) is 57.7 Å². The Kier molecular flexibility index (Phi) is 14.5. The van der Waals surface area contributed by atoms with Crippen molar-refractivity contribution in [2.45, 2.75) is 65.2 Å². The average molecular weight is 726 g/mol. The Morgan fingerprint density at radius 2 is 1.06 bits per heavy atom. The lowest BCUT2D eigenvalue weighted by Gasteiger charge is -2.17. The van der Waals surface area contributed by atoms with Gasteiger partial charge >= 0.3 is 11.9 Å². The fourth-order valence-electron chi connectivity index (χ4n) is 5.43. The summed E-state index contributed by atoms with van der Waals surface area (Å²) in [6, 6.07) is 23.1. The van der Waals surface area contributed by atoms with Crippen LogP contribution in [0, 0.1) is 13.8 Å². The predicted octanol–water partition coefficient (Wildman–Crippen LogP) is 6.29. The predicted molar refractivity (Wildman–Crippen MR) is 193 cm³/mol. The molecule has 0 fully saturated rings. The Hall–Kier alpha value is -4.16. The molecule has 0 spiro atoms. The molecule has 4 aromatic carbocycles. The topological polar surface area (TPSA) is 158 Å². The summed E-state index contributed by atoms with van der Waals surface area (Å²) in [5, 5.41) is 44.0. The minimum atomic E-state index is -1.05. The summed E-state index contributed by atoms with van der Waals surface area (Å²) in [6.45, 7) is 5.90. The Morgan fingerprint density at radius 3 is 1.42 bits per heavy atom. The molecule has 2 atom stereocenters. The maximum absolute atomic E-state index is 10.7. The van der Waals surface area contributed by atoms with E-state index in [2.05, 4.69) is 36.6 Å². The molecule has 0 saturated heterocycles. The van der Waals surface area contributed by atoms with Gasteiger partial charge in [0.15, 0.2) is 0 Å². The molecule has 0 amide bonds. The summed E-state index contributed by atoms with van der Waals surface area (Å²) in [6.07, 6.45) is -2.57. The SMILES string of the molecule is Cc1c(COc2ccc(CNCC(O)CC(=O)O)cc2Cl)cccc1-c1cccc(COc2ccc(CNCC(O)CC(=O)O)cc2Cl)c1C. The third-order valence-corrected chi connectivity index (χ3v) is 8.77. The van der Waals surface area contributed by atoms with Crippen molar-refractivity contribution in [3.05, 3.63) is 116 Å². The Balaban J connectivity index is 1.36. The second-order valence-electron chi connectivity index (χ2n) is 12.1. The average Bonchev–Trinajstić information content (AvgIpc) is 3.04. The van der Waals surface area contributed by atoms with Crippen molar-refractivity contribution in [3.8, 4) is 22.6 Å². The number of halogens is 2.